The number of carbonyl (C=O) groups excluding carboxylic acids is 1. The molecule has 170 valence electrons. The molecule has 0 saturated heterocycles. The number of hydrogen-bond acceptors (Lipinski definition) is 5. The van der Waals surface area contributed by atoms with Crippen molar-refractivity contribution >= 4 is 61.4 Å². The fourth-order valence-electron chi connectivity index (χ4n) is 3.47. The summed E-state index contributed by atoms with van der Waals surface area (Å²) in [7, 11) is -0.895. The van der Waals surface area contributed by atoms with E-state index in [0.717, 1.165) is 5.69 Å². The van der Waals surface area contributed by atoms with Crippen LogP contribution in [0.5, 0.6) is 5.75 Å². The third kappa shape index (κ3) is 4.64. The van der Waals surface area contributed by atoms with E-state index in [1.165, 1.54) is 18.2 Å². The summed E-state index contributed by atoms with van der Waals surface area (Å²) < 4.78 is 34.3. The number of methoxy groups -OCH3 is 1. The SMILES string of the molecule is COc1cccc(Nc2ccc(Cl)c3c2cc(C(=O)NS(=O)(=O)c2cccc(Cl)c2)n3C)c1. The lowest BCUT2D eigenvalue weighted by Crippen LogP contribution is -2.31. The Morgan fingerprint density at radius 1 is 1.00 bits per heavy atom. The lowest BCUT2D eigenvalue weighted by molar-refractivity contribution is 0.0974. The van der Waals surface area contributed by atoms with Crippen molar-refractivity contribution in [2.24, 2.45) is 7.05 Å². The number of hydrogen-bond donors (Lipinski definition) is 2. The van der Waals surface area contributed by atoms with E-state index in [0.29, 0.717) is 27.4 Å². The van der Waals surface area contributed by atoms with Crippen molar-refractivity contribution in [1.82, 2.24) is 9.29 Å². The van der Waals surface area contributed by atoms with Gasteiger partial charge in [-0.25, -0.2) is 13.1 Å². The normalized spacial score (nSPS) is 11.4. The Kier molecular flexibility index (Phi) is 6.25. The van der Waals surface area contributed by atoms with Crippen molar-refractivity contribution in [3.8, 4) is 5.75 Å². The van der Waals surface area contributed by atoms with E-state index in [1.807, 2.05) is 24.3 Å². The zero-order chi connectivity index (χ0) is 23.8. The lowest BCUT2D eigenvalue weighted by Gasteiger charge is -2.11. The summed E-state index contributed by atoms with van der Waals surface area (Å²) >= 11 is 12.3. The Balaban J connectivity index is 1.72. The zero-order valence-electron chi connectivity index (χ0n) is 17.6. The van der Waals surface area contributed by atoms with Crippen LogP contribution in [-0.4, -0.2) is 26.0 Å². The van der Waals surface area contributed by atoms with E-state index >= 15 is 0 Å². The molecule has 0 spiro atoms. The second kappa shape index (κ2) is 8.97. The zero-order valence-corrected chi connectivity index (χ0v) is 19.9. The third-order valence-electron chi connectivity index (χ3n) is 5.06. The number of aryl methyl sites for hydroxylation is 1. The number of sulfonamides is 1. The minimum Gasteiger partial charge on any atom is -0.497 e. The average Bonchev–Trinajstić information content (AvgIpc) is 3.14. The Morgan fingerprint density at radius 3 is 2.48 bits per heavy atom. The molecule has 0 aliphatic heterocycles. The van der Waals surface area contributed by atoms with E-state index in [4.69, 9.17) is 27.9 Å². The van der Waals surface area contributed by atoms with Gasteiger partial charge in [-0.1, -0.05) is 35.3 Å². The van der Waals surface area contributed by atoms with Crippen molar-refractivity contribution in [3.05, 3.63) is 82.5 Å². The highest BCUT2D eigenvalue weighted by Gasteiger charge is 2.23. The Hall–Kier alpha value is -3.20. The second-order valence-electron chi connectivity index (χ2n) is 7.19. The highest BCUT2D eigenvalue weighted by Crippen LogP contribution is 2.34. The maximum Gasteiger partial charge on any atom is 0.281 e. The van der Waals surface area contributed by atoms with Crippen LogP contribution in [-0.2, 0) is 17.1 Å². The van der Waals surface area contributed by atoms with E-state index in [2.05, 4.69) is 10.0 Å². The van der Waals surface area contributed by atoms with Gasteiger partial charge in [0.05, 0.1) is 22.5 Å². The molecular weight excluding hydrogens is 485 g/mol. The summed E-state index contributed by atoms with van der Waals surface area (Å²) in [6.45, 7) is 0. The molecule has 4 aromatic rings. The maximum atomic E-state index is 12.9. The second-order valence-corrected chi connectivity index (χ2v) is 9.72. The van der Waals surface area contributed by atoms with Gasteiger partial charge in [0, 0.05) is 34.9 Å². The van der Waals surface area contributed by atoms with Gasteiger partial charge in [0.1, 0.15) is 11.4 Å². The summed E-state index contributed by atoms with van der Waals surface area (Å²) in [5.41, 5.74) is 2.17. The van der Waals surface area contributed by atoms with Gasteiger partial charge in [-0.15, -0.1) is 0 Å². The fraction of sp³-hybridized carbons (Fsp3) is 0.0870. The van der Waals surface area contributed by atoms with Crippen LogP contribution in [0.15, 0.2) is 71.6 Å². The van der Waals surface area contributed by atoms with Gasteiger partial charge < -0.3 is 14.6 Å². The molecule has 0 aliphatic rings. The van der Waals surface area contributed by atoms with Crippen molar-refractivity contribution < 1.29 is 17.9 Å². The highest BCUT2D eigenvalue weighted by atomic mass is 35.5. The summed E-state index contributed by atoms with van der Waals surface area (Å²) in [6, 6.07) is 18.1. The van der Waals surface area contributed by atoms with Gasteiger partial charge in [-0.3, -0.25) is 4.79 Å². The van der Waals surface area contributed by atoms with Crippen LogP contribution >= 0.6 is 23.2 Å². The Bertz CT molecular complexity index is 1480. The standard InChI is InChI=1S/C23H19Cl2N3O4S/c1-28-21(23(29)27-33(30,31)17-8-3-5-14(24)11-17)13-18-20(10-9-19(25)22(18)28)26-15-6-4-7-16(12-15)32-2/h3-13,26H,1-2H3,(H,27,29). The molecule has 0 unspecified atom stereocenters. The topological polar surface area (TPSA) is 89.4 Å². The van der Waals surface area contributed by atoms with Crippen molar-refractivity contribution in [3.63, 3.8) is 0 Å². The minimum atomic E-state index is -4.12. The van der Waals surface area contributed by atoms with E-state index in [-0.39, 0.29) is 15.6 Å². The van der Waals surface area contributed by atoms with Crippen LogP contribution < -0.4 is 14.8 Å². The molecule has 3 aromatic carbocycles. The average molecular weight is 504 g/mol. The number of carbonyl (C=O) groups is 1. The first-order valence-corrected chi connectivity index (χ1v) is 12.0. The number of nitrogens with zero attached hydrogens (tertiary/aromatic N) is 1. The summed E-state index contributed by atoms with van der Waals surface area (Å²) in [5, 5.41) is 4.61. The number of benzene rings is 3. The van der Waals surface area contributed by atoms with E-state index in [1.54, 1.807) is 43.0 Å². The molecule has 0 radical (unpaired) electrons. The summed E-state index contributed by atoms with van der Waals surface area (Å²) in [6.07, 6.45) is 0. The summed E-state index contributed by atoms with van der Waals surface area (Å²) in [5.74, 6) is -0.110. The Labute approximate surface area is 200 Å². The van der Waals surface area contributed by atoms with Gasteiger partial charge in [0.25, 0.3) is 15.9 Å². The van der Waals surface area contributed by atoms with Crippen LogP contribution in [0.3, 0.4) is 0 Å². The molecule has 0 fully saturated rings. The third-order valence-corrected chi connectivity index (χ3v) is 6.93. The number of amides is 1. The number of halogens is 2. The number of nitrogens with one attached hydrogen (secondary N) is 2. The monoisotopic (exact) mass is 503 g/mol. The van der Waals surface area contributed by atoms with Crippen molar-refractivity contribution in [2.75, 3.05) is 12.4 Å². The predicted molar refractivity (Wildman–Crippen MR) is 130 cm³/mol. The molecular formula is C23H19Cl2N3O4S. The van der Waals surface area contributed by atoms with Crippen LogP contribution in [0.2, 0.25) is 10.0 Å². The predicted octanol–water partition coefficient (Wildman–Crippen LogP) is 5.36. The number of anilines is 2. The molecule has 7 nitrogen and oxygen atoms in total. The van der Waals surface area contributed by atoms with Crippen LogP contribution in [0.25, 0.3) is 10.9 Å². The molecule has 1 aromatic heterocycles. The maximum absolute atomic E-state index is 12.9. The molecule has 0 saturated carbocycles. The van der Waals surface area contributed by atoms with Crippen LogP contribution in [0.1, 0.15) is 10.5 Å². The van der Waals surface area contributed by atoms with Gasteiger partial charge in [-0.2, -0.15) is 0 Å². The largest absolute Gasteiger partial charge is 0.497 e. The van der Waals surface area contributed by atoms with Crippen molar-refractivity contribution in [2.45, 2.75) is 4.90 Å². The van der Waals surface area contributed by atoms with E-state index in [9.17, 15) is 13.2 Å². The molecule has 10 heteroatoms. The lowest BCUT2D eigenvalue weighted by atomic mass is 10.2. The van der Waals surface area contributed by atoms with Gasteiger partial charge >= 0.3 is 0 Å². The number of fused-ring (bicyclic) bond motifs is 1. The van der Waals surface area contributed by atoms with E-state index < -0.39 is 15.9 Å². The highest BCUT2D eigenvalue weighted by molar-refractivity contribution is 7.90. The fourth-order valence-corrected chi connectivity index (χ4v) is 5.03. The Morgan fingerprint density at radius 2 is 1.76 bits per heavy atom. The van der Waals surface area contributed by atoms with Crippen LogP contribution in [0, 0.1) is 0 Å². The summed E-state index contributed by atoms with van der Waals surface area (Å²) in [4.78, 5) is 12.8. The van der Waals surface area contributed by atoms with Crippen molar-refractivity contribution in [1.29, 1.82) is 0 Å². The smallest absolute Gasteiger partial charge is 0.281 e. The first-order chi connectivity index (χ1) is 15.7. The molecule has 1 amide bonds. The number of ether oxygens (including phenoxy) is 1. The number of rotatable bonds is 6. The molecule has 0 bridgehead atoms. The van der Waals surface area contributed by atoms with Gasteiger partial charge in [0.15, 0.2) is 0 Å². The first kappa shape index (κ1) is 23.0. The molecule has 0 aliphatic carbocycles. The van der Waals surface area contributed by atoms with Crippen LogP contribution in [0.4, 0.5) is 11.4 Å². The molecule has 1 heterocycles. The molecule has 0 atom stereocenters. The molecule has 4 rings (SSSR count). The first-order valence-electron chi connectivity index (χ1n) is 9.71. The quantitative estimate of drug-likeness (QED) is 0.369. The minimum absolute atomic E-state index is 0.111. The molecule has 33 heavy (non-hydrogen) atoms. The molecule has 2 N–H and O–H groups in total. The van der Waals surface area contributed by atoms with Gasteiger partial charge in [-0.05, 0) is 48.5 Å². The number of aromatic nitrogens is 1. The van der Waals surface area contributed by atoms with Gasteiger partial charge in [0.2, 0.25) is 0 Å².